The molecule has 0 spiro atoms. The summed E-state index contributed by atoms with van der Waals surface area (Å²) in [7, 11) is 0. The fourth-order valence-electron chi connectivity index (χ4n) is 5.50. The number of nitrogens with one attached hydrogen (secondary N) is 4. The number of benzene rings is 2. The number of rotatable bonds is 6. The fraction of sp³-hybridized carbons (Fsp3) is 0.235. The zero-order chi connectivity index (χ0) is 39.7. The fourth-order valence-corrected chi connectivity index (χ4v) is 6.67. The minimum Gasteiger partial charge on any atom is -0.393 e. The topological polar surface area (TPSA) is 165 Å². The van der Waals surface area contributed by atoms with Gasteiger partial charge in [0, 0.05) is 36.9 Å². The van der Waals surface area contributed by atoms with Gasteiger partial charge < -0.3 is 30.6 Å². The molecule has 0 unspecified atom stereocenters. The lowest BCUT2D eigenvalue weighted by Gasteiger charge is -2.30. The van der Waals surface area contributed by atoms with Crippen molar-refractivity contribution in [2.75, 3.05) is 34.9 Å². The summed E-state index contributed by atoms with van der Waals surface area (Å²) in [6, 6.07) is 9.35. The average molecular weight is 916 g/mol. The van der Waals surface area contributed by atoms with Crippen LogP contribution in [0.5, 0.6) is 0 Å². The van der Waals surface area contributed by atoms with E-state index in [2.05, 4.69) is 72.4 Å². The summed E-state index contributed by atoms with van der Waals surface area (Å²) in [5.74, 6) is 0.564. The van der Waals surface area contributed by atoms with Crippen LogP contribution in [0.15, 0.2) is 84.6 Å². The summed E-state index contributed by atoms with van der Waals surface area (Å²) in [4.78, 5) is 49.1. The molecule has 0 radical (unpaired) electrons. The van der Waals surface area contributed by atoms with Crippen molar-refractivity contribution in [3.05, 3.63) is 102 Å². The van der Waals surface area contributed by atoms with Crippen LogP contribution in [0.25, 0.3) is 21.8 Å². The van der Waals surface area contributed by atoms with E-state index in [1.807, 2.05) is 4.90 Å². The van der Waals surface area contributed by atoms with Crippen molar-refractivity contribution in [1.82, 2.24) is 29.9 Å². The van der Waals surface area contributed by atoms with Crippen LogP contribution in [0.3, 0.4) is 0 Å². The Morgan fingerprint density at radius 2 is 1.24 bits per heavy atom. The summed E-state index contributed by atoms with van der Waals surface area (Å²) in [6.07, 6.45) is -3.58. The van der Waals surface area contributed by atoms with Gasteiger partial charge in [0.2, 0.25) is 5.95 Å². The van der Waals surface area contributed by atoms with Gasteiger partial charge in [-0.25, -0.2) is 15.0 Å². The summed E-state index contributed by atoms with van der Waals surface area (Å²) in [5.41, 5.74) is -1.50. The van der Waals surface area contributed by atoms with Crippen LogP contribution >= 0.6 is 43.6 Å². The van der Waals surface area contributed by atoms with E-state index in [1.54, 1.807) is 6.26 Å². The van der Waals surface area contributed by atoms with Gasteiger partial charge >= 0.3 is 12.4 Å². The molecule has 21 heteroatoms. The van der Waals surface area contributed by atoms with Crippen LogP contribution in [-0.4, -0.2) is 60.5 Å². The van der Waals surface area contributed by atoms with E-state index in [-0.39, 0.29) is 39.9 Å². The van der Waals surface area contributed by atoms with E-state index in [4.69, 9.17) is 0 Å². The Balaban J connectivity index is 0.000000190. The molecule has 1 fully saturated rings. The molecule has 4 aromatic heterocycles. The van der Waals surface area contributed by atoms with Gasteiger partial charge in [0.15, 0.2) is 5.16 Å². The monoisotopic (exact) mass is 913 g/mol. The van der Waals surface area contributed by atoms with Crippen LogP contribution in [0.1, 0.15) is 24.0 Å². The molecule has 0 aliphatic carbocycles. The first-order valence-electron chi connectivity index (χ1n) is 16.0. The number of nitrogens with zero attached hydrogens (tertiary/aromatic N) is 5. The van der Waals surface area contributed by atoms with E-state index in [0.717, 1.165) is 24.3 Å². The summed E-state index contributed by atoms with van der Waals surface area (Å²) in [5, 5.41) is 16.1. The quantitative estimate of drug-likeness (QED) is 0.0620. The van der Waals surface area contributed by atoms with E-state index in [1.165, 1.54) is 48.4 Å². The van der Waals surface area contributed by atoms with Crippen LogP contribution in [0, 0.1) is 0 Å². The number of thioether (sulfide) groups is 1. The zero-order valence-corrected chi connectivity index (χ0v) is 32.1. The number of hydrogen-bond acceptors (Lipinski definition) is 11. The Bertz CT molecular complexity index is 2490. The predicted octanol–water partition coefficient (Wildman–Crippen LogP) is 8.37. The van der Waals surface area contributed by atoms with Crippen molar-refractivity contribution in [2.45, 2.75) is 36.5 Å². The van der Waals surface area contributed by atoms with Gasteiger partial charge in [-0.15, -0.1) is 0 Å². The highest BCUT2D eigenvalue weighted by atomic mass is 79.9. The molecule has 1 aliphatic rings. The first-order chi connectivity index (χ1) is 26.0. The summed E-state index contributed by atoms with van der Waals surface area (Å²) < 4.78 is 78.9. The number of pyridine rings is 2. The highest BCUT2D eigenvalue weighted by molar-refractivity contribution is 9.11. The Labute approximate surface area is 327 Å². The Kier molecular flexibility index (Phi) is 11.7. The number of alkyl halides is 6. The van der Waals surface area contributed by atoms with Crippen molar-refractivity contribution in [2.24, 2.45) is 0 Å². The summed E-state index contributed by atoms with van der Waals surface area (Å²) >= 11 is 7.92. The second kappa shape index (κ2) is 16.2. The molecule has 12 nitrogen and oxygen atoms in total. The minimum absolute atomic E-state index is 0.1000. The Morgan fingerprint density at radius 3 is 1.71 bits per heavy atom. The number of piperidine rings is 1. The lowest BCUT2D eigenvalue weighted by molar-refractivity contribution is -0.138. The van der Waals surface area contributed by atoms with E-state index >= 15 is 0 Å². The Hall–Kier alpha value is -4.73. The molecule has 1 saturated heterocycles. The SMILES string of the molecule is CSc1nc(Nc2cccc(C(F)(F)F)c2)c2c(=O)[nH]cc(Br)c2n1.O=c1[nH]cc(Br)c2nc(N3CCC(O)CC3)nc(Nc3cccc(C(F)(F)F)c3)c12. The molecular weight excluding hydrogens is 888 g/mol. The number of aliphatic hydroxyl groups is 1. The lowest BCUT2D eigenvalue weighted by Crippen LogP contribution is -2.37. The third-order valence-electron chi connectivity index (χ3n) is 8.19. The van der Waals surface area contributed by atoms with Gasteiger partial charge in [-0.05, 0) is 87.4 Å². The maximum atomic E-state index is 13.1. The molecule has 1 aliphatic heterocycles. The van der Waals surface area contributed by atoms with Crippen molar-refractivity contribution >= 4 is 94.4 Å². The minimum atomic E-state index is -4.49. The predicted molar refractivity (Wildman–Crippen MR) is 204 cm³/mol. The molecular formula is C34H27Br2F6N9O3S. The molecule has 5 heterocycles. The second-order valence-electron chi connectivity index (χ2n) is 11.9. The zero-order valence-electron chi connectivity index (χ0n) is 28.1. The van der Waals surface area contributed by atoms with Gasteiger partial charge in [-0.1, -0.05) is 23.9 Å². The van der Waals surface area contributed by atoms with Crippen molar-refractivity contribution in [1.29, 1.82) is 0 Å². The third kappa shape index (κ3) is 9.22. The summed E-state index contributed by atoms with van der Waals surface area (Å²) in [6.45, 7) is 1.05. The molecule has 288 valence electrons. The molecule has 0 atom stereocenters. The molecule has 6 aromatic rings. The number of hydrogen-bond donors (Lipinski definition) is 5. The highest BCUT2D eigenvalue weighted by Gasteiger charge is 2.31. The first-order valence-corrected chi connectivity index (χ1v) is 18.9. The normalized spacial score (nSPS) is 13.8. The number of anilines is 5. The van der Waals surface area contributed by atoms with Crippen molar-refractivity contribution in [3.8, 4) is 0 Å². The largest absolute Gasteiger partial charge is 0.416 e. The van der Waals surface area contributed by atoms with Gasteiger partial charge in [0.05, 0.1) is 37.2 Å². The number of halogens is 8. The maximum Gasteiger partial charge on any atom is 0.416 e. The van der Waals surface area contributed by atoms with E-state index < -0.39 is 34.6 Å². The van der Waals surface area contributed by atoms with Gasteiger partial charge in [0.1, 0.15) is 22.4 Å². The van der Waals surface area contributed by atoms with Crippen LogP contribution in [-0.2, 0) is 12.4 Å². The molecule has 0 bridgehead atoms. The van der Waals surface area contributed by atoms with E-state index in [0.29, 0.717) is 57.0 Å². The smallest absolute Gasteiger partial charge is 0.393 e. The number of fused-ring (bicyclic) bond motifs is 2. The lowest BCUT2D eigenvalue weighted by atomic mass is 10.1. The van der Waals surface area contributed by atoms with Gasteiger partial charge in [0.25, 0.3) is 11.1 Å². The van der Waals surface area contributed by atoms with Gasteiger partial charge in [-0.3, -0.25) is 9.59 Å². The number of H-pyrrole nitrogens is 2. The second-order valence-corrected chi connectivity index (χ2v) is 14.4. The first kappa shape index (κ1) is 39.9. The number of aromatic amines is 2. The Morgan fingerprint density at radius 1 is 0.764 bits per heavy atom. The molecule has 0 amide bonds. The van der Waals surface area contributed by atoms with E-state index in [9.17, 15) is 41.0 Å². The van der Waals surface area contributed by atoms with Crippen molar-refractivity contribution in [3.63, 3.8) is 0 Å². The van der Waals surface area contributed by atoms with Crippen molar-refractivity contribution < 1.29 is 31.4 Å². The third-order valence-corrected chi connectivity index (χ3v) is 9.94. The standard InChI is InChI=1S/C19H17BrF3N5O2.C15H10BrF3N4OS/c20-13-9-24-17(30)14-15(13)26-18(28-6-4-12(29)5-7-28)27-16(14)25-11-3-1-2-10(8-11)19(21,22)23;1-25-14-22-11-9(16)6-20-13(24)10(11)12(23-14)21-8-4-2-3-7(5-8)15(17,18)19/h1-3,8-9,12,29H,4-7H2,(H,24,30)(H,25,26,27);2-6H,1H3,(H,20,24)(H,21,22,23). The average Bonchev–Trinajstić information content (AvgIpc) is 3.14. The number of aliphatic hydroxyl groups excluding tert-OH is 1. The highest BCUT2D eigenvalue weighted by Crippen LogP contribution is 2.35. The van der Waals surface area contributed by atoms with Crippen LogP contribution in [0.2, 0.25) is 0 Å². The molecule has 2 aromatic carbocycles. The molecule has 55 heavy (non-hydrogen) atoms. The van der Waals surface area contributed by atoms with Crippen LogP contribution in [0.4, 0.5) is 55.3 Å². The number of aromatic nitrogens is 6. The maximum absolute atomic E-state index is 13.1. The molecule has 5 N–H and O–H groups in total. The van der Waals surface area contributed by atoms with Crippen LogP contribution < -0.4 is 26.7 Å². The molecule has 0 saturated carbocycles. The van der Waals surface area contributed by atoms with Gasteiger partial charge in [-0.2, -0.15) is 31.3 Å². The molecule has 7 rings (SSSR count).